The SMILES string of the molecule is [Si]Oc1cccnc1. The van der Waals surface area contributed by atoms with Crippen LogP contribution in [0.3, 0.4) is 0 Å². The largest absolute Gasteiger partial charge is 0.539 e. The quantitative estimate of drug-likeness (QED) is 0.507. The van der Waals surface area contributed by atoms with Gasteiger partial charge in [-0.25, -0.2) is 0 Å². The molecule has 8 heavy (non-hydrogen) atoms. The molecule has 3 radical (unpaired) electrons. The average Bonchev–Trinajstić information content (AvgIpc) is 1.90. The third-order valence-corrected chi connectivity index (χ3v) is 0.988. The monoisotopic (exact) mass is 122 g/mol. The summed E-state index contributed by atoms with van der Waals surface area (Å²) in [7, 11) is 2.86. The molecule has 0 bridgehead atoms. The summed E-state index contributed by atoms with van der Waals surface area (Å²) in [4.78, 5) is 3.80. The lowest BCUT2D eigenvalue weighted by Crippen LogP contribution is -1.83. The number of pyridine rings is 1. The van der Waals surface area contributed by atoms with E-state index in [2.05, 4.69) is 19.9 Å². The Morgan fingerprint density at radius 1 is 1.62 bits per heavy atom. The van der Waals surface area contributed by atoms with Crippen LogP contribution in [-0.4, -0.2) is 15.5 Å². The predicted octanol–water partition coefficient (Wildman–Crippen LogP) is 0.544. The molecule has 0 aliphatic rings. The fourth-order valence-electron chi connectivity index (χ4n) is 0.407. The second-order valence-corrected chi connectivity index (χ2v) is 1.49. The molecule has 0 N–H and O–H groups in total. The average molecular weight is 122 g/mol. The minimum Gasteiger partial charge on any atom is -0.539 e. The van der Waals surface area contributed by atoms with Gasteiger partial charge in [0.1, 0.15) is 5.75 Å². The van der Waals surface area contributed by atoms with E-state index in [1.54, 1.807) is 24.5 Å². The highest BCUT2D eigenvalue weighted by Crippen LogP contribution is 2.02. The van der Waals surface area contributed by atoms with Crippen LogP contribution in [0.4, 0.5) is 0 Å². The summed E-state index contributed by atoms with van der Waals surface area (Å²) in [5.41, 5.74) is 0. The highest BCUT2D eigenvalue weighted by atomic mass is 28.2. The Bertz CT molecular complexity index is 154. The second-order valence-electron chi connectivity index (χ2n) is 1.29. The molecule has 0 fully saturated rings. The smallest absolute Gasteiger partial charge is 0.341 e. The Morgan fingerprint density at radius 3 is 2.88 bits per heavy atom. The second kappa shape index (κ2) is 2.47. The van der Waals surface area contributed by atoms with Crippen LogP contribution in [0.5, 0.6) is 5.75 Å². The molecule has 0 aromatic carbocycles. The Labute approximate surface area is 51.1 Å². The van der Waals surface area contributed by atoms with E-state index in [0.29, 0.717) is 5.75 Å². The van der Waals surface area contributed by atoms with Crippen LogP contribution < -0.4 is 4.43 Å². The molecule has 0 atom stereocenters. The van der Waals surface area contributed by atoms with E-state index < -0.39 is 0 Å². The summed E-state index contributed by atoms with van der Waals surface area (Å²) < 4.78 is 4.66. The third-order valence-electron chi connectivity index (χ3n) is 0.752. The lowest BCUT2D eigenvalue weighted by molar-refractivity contribution is 0.612. The van der Waals surface area contributed by atoms with Gasteiger partial charge in [0.15, 0.2) is 0 Å². The fourth-order valence-corrected chi connectivity index (χ4v) is 0.528. The molecule has 0 amide bonds. The van der Waals surface area contributed by atoms with Crippen LogP contribution >= 0.6 is 0 Å². The van der Waals surface area contributed by atoms with Crippen LogP contribution in [0, 0.1) is 0 Å². The number of aromatic nitrogens is 1. The Hall–Kier alpha value is -0.833. The van der Waals surface area contributed by atoms with Crippen LogP contribution in [0.15, 0.2) is 24.5 Å². The maximum atomic E-state index is 4.66. The van der Waals surface area contributed by atoms with Crippen molar-refractivity contribution in [1.29, 1.82) is 0 Å². The summed E-state index contributed by atoms with van der Waals surface area (Å²) >= 11 is 0. The van der Waals surface area contributed by atoms with E-state index in [0.717, 1.165) is 0 Å². The number of rotatable bonds is 1. The zero-order chi connectivity index (χ0) is 5.82. The molecule has 0 unspecified atom stereocenters. The molecule has 3 heteroatoms. The number of hydrogen-bond acceptors (Lipinski definition) is 2. The topological polar surface area (TPSA) is 22.1 Å². The number of nitrogens with zero attached hydrogens (tertiary/aromatic N) is 1. The van der Waals surface area contributed by atoms with Crippen molar-refractivity contribution in [3.63, 3.8) is 0 Å². The van der Waals surface area contributed by atoms with Crippen molar-refractivity contribution in [2.75, 3.05) is 0 Å². The minimum absolute atomic E-state index is 0.712. The van der Waals surface area contributed by atoms with Crippen molar-refractivity contribution in [2.45, 2.75) is 0 Å². The molecule has 0 saturated heterocycles. The summed E-state index contributed by atoms with van der Waals surface area (Å²) in [6.45, 7) is 0. The van der Waals surface area contributed by atoms with E-state index in [1.807, 2.05) is 0 Å². The zero-order valence-electron chi connectivity index (χ0n) is 4.16. The van der Waals surface area contributed by atoms with Crippen molar-refractivity contribution >= 4 is 10.5 Å². The first-order valence-corrected chi connectivity index (χ1v) is 2.58. The van der Waals surface area contributed by atoms with Crippen molar-refractivity contribution in [3.8, 4) is 5.75 Å². The summed E-state index contributed by atoms with van der Waals surface area (Å²) in [5, 5.41) is 0. The maximum Gasteiger partial charge on any atom is 0.341 e. The molecule has 39 valence electrons. The Morgan fingerprint density at radius 2 is 2.50 bits per heavy atom. The molecular formula is C5H4NOSi. The molecular weight excluding hydrogens is 118 g/mol. The van der Waals surface area contributed by atoms with Gasteiger partial charge in [-0.2, -0.15) is 0 Å². The van der Waals surface area contributed by atoms with Gasteiger partial charge in [0.05, 0.1) is 6.20 Å². The van der Waals surface area contributed by atoms with Crippen molar-refractivity contribution in [1.82, 2.24) is 4.98 Å². The molecule has 1 heterocycles. The maximum absolute atomic E-state index is 4.66. The van der Waals surface area contributed by atoms with E-state index in [1.165, 1.54) is 0 Å². The Kier molecular flexibility index (Phi) is 1.64. The molecule has 0 aliphatic carbocycles. The molecule has 0 spiro atoms. The van der Waals surface area contributed by atoms with Gasteiger partial charge < -0.3 is 4.43 Å². The van der Waals surface area contributed by atoms with Crippen LogP contribution in [0.1, 0.15) is 0 Å². The lowest BCUT2D eigenvalue weighted by atomic mass is 10.5. The molecule has 0 aliphatic heterocycles. The van der Waals surface area contributed by atoms with Gasteiger partial charge >= 0.3 is 10.5 Å². The summed E-state index contributed by atoms with van der Waals surface area (Å²) in [6, 6.07) is 3.61. The lowest BCUT2D eigenvalue weighted by Gasteiger charge is -1.93. The summed E-state index contributed by atoms with van der Waals surface area (Å²) in [5.74, 6) is 0.712. The molecule has 1 rings (SSSR count). The Balaban J connectivity index is 2.83. The van der Waals surface area contributed by atoms with E-state index in [4.69, 9.17) is 0 Å². The van der Waals surface area contributed by atoms with Gasteiger partial charge in [-0.15, -0.1) is 0 Å². The van der Waals surface area contributed by atoms with Gasteiger partial charge in [0, 0.05) is 6.20 Å². The van der Waals surface area contributed by atoms with Gasteiger partial charge in [-0.1, -0.05) is 0 Å². The highest BCUT2D eigenvalue weighted by Gasteiger charge is 1.81. The standard InChI is InChI=1S/C5H4NOSi/c8-7-5-2-1-3-6-4-5/h1-4H. The third kappa shape index (κ3) is 1.07. The fraction of sp³-hybridized carbons (Fsp3) is 0. The van der Waals surface area contributed by atoms with E-state index in [9.17, 15) is 0 Å². The van der Waals surface area contributed by atoms with Gasteiger partial charge in [-0.3, -0.25) is 4.98 Å². The molecule has 0 saturated carbocycles. The van der Waals surface area contributed by atoms with Gasteiger partial charge in [-0.05, 0) is 12.1 Å². The normalized spacial score (nSPS) is 8.62. The molecule has 1 aromatic rings. The van der Waals surface area contributed by atoms with Crippen molar-refractivity contribution in [2.24, 2.45) is 0 Å². The minimum atomic E-state index is 0.712. The first-order valence-electron chi connectivity index (χ1n) is 2.17. The molecule has 1 aromatic heterocycles. The van der Waals surface area contributed by atoms with Gasteiger partial charge in [0.2, 0.25) is 0 Å². The van der Waals surface area contributed by atoms with Crippen molar-refractivity contribution < 1.29 is 4.43 Å². The predicted molar refractivity (Wildman–Crippen MR) is 30.6 cm³/mol. The zero-order valence-corrected chi connectivity index (χ0v) is 5.16. The van der Waals surface area contributed by atoms with Crippen LogP contribution in [0.2, 0.25) is 0 Å². The van der Waals surface area contributed by atoms with E-state index in [-0.39, 0.29) is 0 Å². The van der Waals surface area contributed by atoms with Gasteiger partial charge in [0.25, 0.3) is 0 Å². The first-order chi connectivity index (χ1) is 3.93. The van der Waals surface area contributed by atoms with Crippen LogP contribution in [-0.2, 0) is 0 Å². The number of hydrogen-bond donors (Lipinski definition) is 0. The van der Waals surface area contributed by atoms with E-state index >= 15 is 0 Å². The summed E-state index contributed by atoms with van der Waals surface area (Å²) in [6.07, 6.45) is 3.31. The van der Waals surface area contributed by atoms with Crippen molar-refractivity contribution in [3.05, 3.63) is 24.5 Å². The van der Waals surface area contributed by atoms with Crippen LogP contribution in [0.25, 0.3) is 0 Å². The highest BCUT2D eigenvalue weighted by molar-refractivity contribution is 5.99. The first kappa shape index (κ1) is 5.31. The molecule has 2 nitrogen and oxygen atoms in total.